The van der Waals surface area contributed by atoms with Crippen molar-refractivity contribution in [1.29, 1.82) is 0 Å². The van der Waals surface area contributed by atoms with Crippen LogP contribution in [0.15, 0.2) is 108 Å². The van der Waals surface area contributed by atoms with Crippen molar-refractivity contribution >= 4 is 91.8 Å². The van der Waals surface area contributed by atoms with Crippen LogP contribution in [0.2, 0.25) is 0 Å². The van der Waals surface area contributed by atoms with Crippen LogP contribution < -0.4 is 36.8 Å². The molecule has 296 valence electrons. The number of hydrogen-bond acceptors (Lipinski definition) is 16. The van der Waals surface area contributed by atoms with E-state index in [4.69, 9.17) is 15.2 Å². The Morgan fingerprint density at radius 1 is 0.879 bits per heavy atom. The van der Waals surface area contributed by atoms with E-state index in [1.54, 1.807) is 26.0 Å². The number of rotatable bonds is 14. The molecule has 8 N–H and O–H groups in total. The van der Waals surface area contributed by atoms with Gasteiger partial charge in [-0.1, -0.05) is 0 Å². The summed E-state index contributed by atoms with van der Waals surface area (Å²) in [4.78, 5) is 53.1. The number of carbonyl (C=O) groups excluding carboxylic acids is 3. The normalized spacial score (nSPS) is 16.6. The van der Waals surface area contributed by atoms with Crippen molar-refractivity contribution in [3.63, 3.8) is 0 Å². The van der Waals surface area contributed by atoms with E-state index in [1.807, 2.05) is 0 Å². The van der Waals surface area contributed by atoms with Crippen molar-refractivity contribution in [2.75, 3.05) is 40.5 Å². The number of nitrogens with two attached hydrogens (primary N) is 1. The van der Waals surface area contributed by atoms with Crippen molar-refractivity contribution in [3.05, 3.63) is 93.9 Å². The first-order valence-corrected chi connectivity index (χ1v) is 18.3. The second-order valence-electron chi connectivity index (χ2n) is 11.8. The molecule has 1 aliphatic heterocycles. The summed E-state index contributed by atoms with van der Waals surface area (Å²) in [5.74, 6) is -3.25. The molecule has 0 radical (unpaired) electrons. The van der Waals surface area contributed by atoms with Gasteiger partial charge in [-0.25, -0.2) is 4.79 Å². The fourth-order valence-corrected chi connectivity index (χ4v) is 6.02. The number of aliphatic carboxylic acids is 1. The van der Waals surface area contributed by atoms with Crippen molar-refractivity contribution in [1.82, 2.24) is 0 Å². The predicted molar refractivity (Wildman–Crippen MR) is 214 cm³/mol. The van der Waals surface area contributed by atoms with E-state index in [1.165, 1.54) is 42.5 Å². The van der Waals surface area contributed by atoms with Gasteiger partial charge in [-0.2, -0.15) is 23.6 Å². The molecule has 0 atom stereocenters. The van der Waals surface area contributed by atoms with Gasteiger partial charge < -0.3 is 25.6 Å². The van der Waals surface area contributed by atoms with E-state index in [0.717, 1.165) is 24.6 Å². The van der Waals surface area contributed by atoms with Crippen LogP contribution in [0.25, 0.3) is 6.08 Å². The molecule has 0 unspecified atom stereocenters. The van der Waals surface area contributed by atoms with Gasteiger partial charge in [0, 0.05) is 28.8 Å². The number of fused-ring (bicyclic) bond motifs is 1. The number of ketones is 2. The summed E-state index contributed by atoms with van der Waals surface area (Å²) in [6.07, 6.45) is 5.75. The van der Waals surface area contributed by atoms with Crippen LogP contribution in [-0.4, -0.2) is 78.5 Å². The lowest BCUT2D eigenvalue weighted by molar-refractivity contribution is -0.134. The number of ether oxygens (including phenoxy) is 2. The predicted octanol–water partition coefficient (Wildman–Crippen LogP) is 4.31. The van der Waals surface area contributed by atoms with Gasteiger partial charge in [0.2, 0.25) is 5.78 Å². The fourth-order valence-electron chi connectivity index (χ4n) is 5.37. The number of guanidine groups is 1. The Morgan fingerprint density at radius 3 is 2.24 bits per heavy atom. The average Bonchev–Trinajstić information content (AvgIpc) is 3.71. The molecule has 0 spiro atoms. The molecule has 2 aliphatic carbocycles. The van der Waals surface area contributed by atoms with Crippen LogP contribution in [-0.2, 0) is 19.7 Å². The van der Waals surface area contributed by atoms with Crippen molar-refractivity contribution < 1.29 is 46.7 Å². The van der Waals surface area contributed by atoms with Crippen LogP contribution >= 0.6 is 0 Å². The lowest BCUT2D eigenvalue weighted by Gasteiger charge is -2.20. The molecular weight excluding hydrogens is 779 g/mol. The number of Topliss-reactive ketones (excluding diaryl/α,β-unsaturated/α-hetero) is 1. The topological polar surface area (TPSA) is 310 Å². The Morgan fingerprint density at radius 2 is 1.59 bits per heavy atom. The average molecular weight is 810 g/mol. The van der Waals surface area contributed by atoms with E-state index in [-0.39, 0.29) is 75.8 Å². The van der Waals surface area contributed by atoms with Crippen LogP contribution in [0.5, 0.6) is 11.5 Å². The minimum Gasteiger partial charge on any atom is -0.492 e. The summed E-state index contributed by atoms with van der Waals surface area (Å²) in [5.41, 5.74) is 14.3. The smallest absolute Gasteiger partial charge is 0.339 e. The van der Waals surface area contributed by atoms with E-state index in [9.17, 15) is 37.3 Å². The Kier molecular flexibility index (Phi) is 11.6. The van der Waals surface area contributed by atoms with Gasteiger partial charge in [-0.05, 0) is 74.5 Å². The van der Waals surface area contributed by atoms with Crippen molar-refractivity contribution in [2.45, 2.75) is 13.8 Å². The quantitative estimate of drug-likeness (QED) is 0.0393. The second kappa shape index (κ2) is 16.9. The third-order valence-electron chi connectivity index (χ3n) is 8.04. The van der Waals surface area contributed by atoms with Gasteiger partial charge >= 0.3 is 5.97 Å². The maximum Gasteiger partial charge on any atom is 0.339 e. The van der Waals surface area contributed by atoms with Gasteiger partial charge in [0.05, 0.1) is 41.7 Å². The molecule has 0 saturated carbocycles. The summed E-state index contributed by atoms with van der Waals surface area (Å²) >= 11 is 0. The van der Waals surface area contributed by atoms with E-state index < -0.39 is 49.8 Å². The minimum atomic E-state index is -5.06. The standard InChI is InChI=1S/C36H31N11O10S/c1-3-56-28-16-26(43-45-32-30(58(53,54)55)14-22-21(33(32)49)10-11-24(37)31(22)44-47-36-38-17-39-46-36)29(57-4-2)15-25(28)40-34(50)18-5-7-19(8-6-18)41-42-20-9-12-27(48)23(13-20)35(51)52/h5-17,41,43-44H,3-4,37H2,1-2H3,(H,40,50)(H,51,52)(H,53,54,55)/b42-20+,45-32+,47-36+. The molecule has 1 heterocycles. The minimum absolute atomic E-state index is 0.00223. The molecule has 3 aromatic carbocycles. The molecule has 1 amide bonds. The number of carboxylic acid groups (broad SMARTS) is 1. The molecule has 3 aromatic rings. The number of carboxylic acids is 1. The summed E-state index contributed by atoms with van der Waals surface area (Å²) in [6.45, 7) is 3.70. The maximum absolute atomic E-state index is 13.8. The number of nitrogens with zero attached hydrogens (tertiary/aromatic N) is 6. The molecule has 0 saturated heterocycles. The van der Waals surface area contributed by atoms with Crippen LogP contribution in [0, 0.1) is 0 Å². The number of aliphatic imine (C=N–C) groups is 1. The number of nitrogens with one attached hydrogen (secondary N) is 4. The number of hydrogen-bond donors (Lipinski definition) is 7. The molecule has 22 heteroatoms. The number of benzene rings is 3. The van der Waals surface area contributed by atoms with Gasteiger partial charge in [0.25, 0.3) is 22.0 Å². The van der Waals surface area contributed by atoms with Gasteiger partial charge in [-0.3, -0.25) is 35.2 Å². The first-order chi connectivity index (χ1) is 27.8. The SMILES string of the molecule is CCOc1cc(NC(=O)c2ccc(N/N=C3\C=CC(=O)C(C(=O)O)=C3)cc2)c(OCC)cc1N/N=C1/C(=O)c2ccc(N)c(N/N=C3\N=CN=N3)c2C=C1S(=O)(=O)O. The number of carbonyl (C=O) groups is 4. The largest absolute Gasteiger partial charge is 0.492 e. The molecule has 6 rings (SSSR count). The maximum atomic E-state index is 13.8. The molecule has 21 nitrogen and oxygen atoms in total. The van der Waals surface area contributed by atoms with Gasteiger partial charge in [0.15, 0.2) is 11.5 Å². The highest BCUT2D eigenvalue weighted by atomic mass is 32.2. The van der Waals surface area contributed by atoms with Crippen molar-refractivity contribution in [3.8, 4) is 11.5 Å². The Labute approximate surface area is 328 Å². The first-order valence-electron chi connectivity index (χ1n) is 16.9. The summed E-state index contributed by atoms with van der Waals surface area (Å²) in [6, 6.07) is 11.7. The van der Waals surface area contributed by atoms with Gasteiger partial charge in [-0.15, -0.1) is 15.3 Å². The zero-order chi connectivity index (χ0) is 41.6. The highest BCUT2D eigenvalue weighted by Crippen LogP contribution is 2.39. The molecule has 0 aromatic heterocycles. The molecule has 3 aliphatic rings. The summed E-state index contributed by atoms with van der Waals surface area (Å²) < 4.78 is 47.0. The van der Waals surface area contributed by atoms with E-state index >= 15 is 0 Å². The summed E-state index contributed by atoms with van der Waals surface area (Å²) in [5, 5.41) is 31.3. The lowest BCUT2D eigenvalue weighted by Crippen LogP contribution is -2.27. The molecular formula is C36H31N11O10S. The number of hydrazone groups is 3. The number of amides is 1. The monoisotopic (exact) mass is 809 g/mol. The Hall–Kier alpha value is -7.85. The van der Waals surface area contributed by atoms with Crippen LogP contribution in [0.3, 0.4) is 0 Å². The zero-order valence-corrected chi connectivity index (χ0v) is 31.1. The third kappa shape index (κ3) is 8.82. The number of azo groups is 1. The fraction of sp³-hybridized carbons (Fsp3) is 0.111. The van der Waals surface area contributed by atoms with Crippen LogP contribution in [0.4, 0.5) is 28.4 Å². The third-order valence-corrected chi connectivity index (χ3v) is 8.90. The first kappa shape index (κ1) is 39.8. The van der Waals surface area contributed by atoms with Gasteiger partial charge in [0.1, 0.15) is 34.0 Å². The zero-order valence-electron chi connectivity index (χ0n) is 30.2. The number of allylic oxidation sites excluding steroid dienone is 4. The summed E-state index contributed by atoms with van der Waals surface area (Å²) in [7, 11) is -5.06. The number of nitrogen functional groups attached to an aromatic ring is 1. The van der Waals surface area contributed by atoms with E-state index in [2.05, 4.69) is 52.1 Å². The van der Waals surface area contributed by atoms with Crippen LogP contribution in [0.1, 0.15) is 40.1 Å². The molecule has 58 heavy (non-hydrogen) atoms. The Balaban J connectivity index is 1.25. The van der Waals surface area contributed by atoms with Crippen molar-refractivity contribution in [2.24, 2.45) is 30.5 Å². The molecule has 0 fully saturated rings. The highest BCUT2D eigenvalue weighted by Gasteiger charge is 2.35. The number of anilines is 5. The molecule has 0 bridgehead atoms. The lowest BCUT2D eigenvalue weighted by atomic mass is 9.92. The highest BCUT2D eigenvalue weighted by molar-refractivity contribution is 7.91. The van der Waals surface area contributed by atoms with E-state index in [0.29, 0.717) is 5.69 Å². The second-order valence-corrected chi connectivity index (χ2v) is 13.2. The Bertz CT molecular complexity index is 2600.